The molecule has 0 aromatic heterocycles. The van der Waals surface area contributed by atoms with E-state index in [1.165, 1.54) is 24.0 Å². The van der Waals surface area contributed by atoms with Gasteiger partial charge in [0, 0.05) is 31.5 Å². The summed E-state index contributed by atoms with van der Waals surface area (Å²) in [4.78, 5) is 14.8. The summed E-state index contributed by atoms with van der Waals surface area (Å²) < 4.78 is 10.7. The quantitative estimate of drug-likeness (QED) is 0.782. The molecule has 0 unspecified atom stereocenters. The first-order valence-corrected chi connectivity index (χ1v) is 8.72. The average Bonchev–Trinajstić information content (AvgIpc) is 3.24. The monoisotopic (exact) mass is 315 g/mol. The summed E-state index contributed by atoms with van der Waals surface area (Å²) in [6, 6.07) is 8.72. The van der Waals surface area contributed by atoms with Crippen molar-refractivity contribution in [3.05, 3.63) is 35.4 Å². The van der Waals surface area contributed by atoms with Crippen LogP contribution in [0, 0.1) is 5.92 Å². The van der Waals surface area contributed by atoms with Crippen LogP contribution >= 0.6 is 0 Å². The maximum atomic E-state index is 12.8. The first-order chi connectivity index (χ1) is 11.2. The number of rotatable bonds is 5. The molecule has 4 heteroatoms. The van der Waals surface area contributed by atoms with Gasteiger partial charge in [-0.2, -0.15) is 0 Å². The Balaban J connectivity index is 1.36. The van der Waals surface area contributed by atoms with E-state index in [0.717, 1.165) is 25.9 Å². The van der Waals surface area contributed by atoms with Gasteiger partial charge in [-0.1, -0.05) is 24.3 Å². The number of likely N-dealkylation sites (tertiary alicyclic amines) is 1. The highest BCUT2D eigenvalue weighted by molar-refractivity contribution is 5.85. The van der Waals surface area contributed by atoms with E-state index in [1.54, 1.807) is 7.11 Å². The number of methoxy groups -OCH3 is 1. The number of carbonyl (C=O) groups excluding carboxylic acids is 1. The number of hydrogen-bond acceptors (Lipinski definition) is 3. The lowest BCUT2D eigenvalue weighted by Crippen LogP contribution is -2.56. The SMILES string of the molecule is COCCOC1CN(C(=O)[C@H]2C[C@@]23CCCc2ccccc23)C1. The Morgan fingerprint density at radius 3 is 2.96 bits per heavy atom. The van der Waals surface area contributed by atoms with E-state index in [9.17, 15) is 4.79 Å². The Morgan fingerprint density at radius 1 is 1.30 bits per heavy atom. The summed E-state index contributed by atoms with van der Waals surface area (Å²) in [6.07, 6.45) is 4.78. The predicted octanol–water partition coefficient (Wildman–Crippen LogP) is 2.15. The summed E-state index contributed by atoms with van der Waals surface area (Å²) in [5.74, 6) is 0.539. The zero-order valence-corrected chi connectivity index (χ0v) is 13.8. The smallest absolute Gasteiger partial charge is 0.226 e. The van der Waals surface area contributed by atoms with Gasteiger partial charge in [-0.3, -0.25) is 4.79 Å². The minimum absolute atomic E-state index is 0.147. The summed E-state index contributed by atoms with van der Waals surface area (Å²) >= 11 is 0. The molecule has 0 radical (unpaired) electrons. The lowest BCUT2D eigenvalue weighted by atomic mass is 9.78. The molecule has 1 aromatic carbocycles. The molecule has 1 heterocycles. The molecule has 1 aromatic rings. The molecule has 1 saturated carbocycles. The maximum absolute atomic E-state index is 12.8. The second-order valence-electron chi connectivity index (χ2n) is 7.15. The van der Waals surface area contributed by atoms with Crippen molar-refractivity contribution in [2.75, 3.05) is 33.4 Å². The fourth-order valence-corrected chi connectivity index (χ4v) is 4.40. The Bertz CT molecular complexity index is 596. The van der Waals surface area contributed by atoms with Crippen LogP contribution in [0.25, 0.3) is 0 Å². The number of benzene rings is 1. The summed E-state index contributed by atoms with van der Waals surface area (Å²) in [6.45, 7) is 2.73. The van der Waals surface area contributed by atoms with E-state index >= 15 is 0 Å². The third-order valence-electron chi connectivity index (χ3n) is 5.80. The van der Waals surface area contributed by atoms with E-state index < -0.39 is 0 Å². The third-order valence-corrected chi connectivity index (χ3v) is 5.80. The van der Waals surface area contributed by atoms with E-state index in [-0.39, 0.29) is 17.4 Å². The molecule has 3 aliphatic rings. The predicted molar refractivity (Wildman–Crippen MR) is 87.4 cm³/mol. The molecule has 2 fully saturated rings. The van der Waals surface area contributed by atoms with Gasteiger partial charge in [0.05, 0.1) is 19.3 Å². The molecule has 1 aliphatic heterocycles. The zero-order chi connectivity index (χ0) is 15.9. The Morgan fingerprint density at radius 2 is 2.13 bits per heavy atom. The third kappa shape index (κ3) is 2.58. The van der Waals surface area contributed by atoms with Crippen molar-refractivity contribution in [3.8, 4) is 0 Å². The molecular formula is C19H25NO3. The van der Waals surface area contributed by atoms with Crippen LogP contribution in [-0.2, 0) is 26.1 Å². The normalized spacial score (nSPS) is 29.3. The van der Waals surface area contributed by atoms with Crippen LogP contribution in [0.1, 0.15) is 30.4 Å². The van der Waals surface area contributed by atoms with Crippen molar-refractivity contribution in [2.45, 2.75) is 37.2 Å². The van der Waals surface area contributed by atoms with Gasteiger partial charge in [-0.25, -0.2) is 0 Å². The van der Waals surface area contributed by atoms with Gasteiger partial charge in [-0.05, 0) is 36.8 Å². The van der Waals surface area contributed by atoms with Crippen LogP contribution in [0.2, 0.25) is 0 Å². The molecule has 4 rings (SSSR count). The second-order valence-corrected chi connectivity index (χ2v) is 7.15. The van der Waals surface area contributed by atoms with Crippen LogP contribution in [0.4, 0.5) is 0 Å². The average molecular weight is 315 g/mol. The van der Waals surface area contributed by atoms with Gasteiger partial charge < -0.3 is 14.4 Å². The number of carbonyl (C=O) groups is 1. The van der Waals surface area contributed by atoms with Crippen LogP contribution in [-0.4, -0.2) is 50.3 Å². The number of fused-ring (bicyclic) bond motifs is 2. The molecule has 124 valence electrons. The number of hydrogen-bond donors (Lipinski definition) is 0. The van der Waals surface area contributed by atoms with Crippen molar-refractivity contribution in [1.82, 2.24) is 4.90 Å². The molecule has 2 aliphatic carbocycles. The largest absolute Gasteiger partial charge is 0.382 e. The van der Waals surface area contributed by atoms with Gasteiger partial charge in [-0.15, -0.1) is 0 Å². The fourth-order valence-electron chi connectivity index (χ4n) is 4.40. The van der Waals surface area contributed by atoms with Crippen molar-refractivity contribution in [2.24, 2.45) is 5.92 Å². The van der Waals surface area contributed by atoms with Gasteiger partial charge in [0.1, 0.15) is 0 Å². The van der Waals surface area contributed by atoms with E-state index in [2.05, 4.69) is 24.3 Å². The summed E-state index contributed by atoms with van der Waals surface area (Å²) in [7, 11) is 1.68. The van der Waals surface area contributed by atoms with Crippen LogP contribution < -0.4 is 0 Å². The summed E-state index contributed by atoms with van der Waals surface area (Å²) in [5.41, 5.74) is 3.05. The van der Waals surface area contributed by atoms with E-state index in [1.807, 2.05) is 4.90 Å². The molecule has 1 amide bonds. The molecule has 1 spiro atoms. The van der Waals surface area contributed by atoms with Gasteiger partial charge in [0.25, 0.3) is 0 Å². The Hall–Kier alpha value is -1.39. The first-order valence-electron chi connectivity index (χ1n) is 8.72. The van der Waals surface area contributed by atoms with Crippen molar-refractivity contribution >= 4 is 5.91 Å². The first kappa shape index (κ1) is 15.2. The topological polar surface area (TPSA) is 38.8 Å². The van der Waals surface area contributed by atoms with Crippen molar-refractivity contribution < 1.29 is 14.3 Å². The summed E-state index contributed by atoms with van der Waals surface area (Å²) in [5, 5.41) is 0. The highest BCUT2D eigenvalue weighted by atomic mass is 16.5. The molecule has 1 saturated heterocycles. The molecule has 0 N–H and O–H groups in total. The zero-order valence-electron chi connectivity index (χ0n) is 13.8. The number of aryl methyl sites for hydroxylation is 1. The minimum atomic E-state index is 0.147. The molecule has 2 atom stereocenters. The van der Waals surface area contributed by atoms with Gasteiger partial charge in [0.15, 0.2) is 0 Å². The number of amides is 1. The van der Waals surface area contributed by atoms with Crippen LogP contribution in [0.5, 0.6) is 0 Å². The Labute approximate surface area is 137 Å². The minimum Gasteiger partial charge on any atom is -0.382 e. The van der Waals surface area contributed by atoms with E-state index in [4.69, 9.17) is 9.47 Å². The Kier molecular flexibility index (Phi) is 3.90. The van der Waals surface area contributed by atoms with E-state index in [0.29, 0.717) is 19.1 Å². The van der Waals surface area contributed by atoms with Crippen LogP contribution in [0.3, 0.4) is 0 Å². The van der Waals surface area contributed by atoms with Crippen molar-refractivity contribution in [1.29, 1.82) is 0 Å². The fraction of sp³-hybridized carbons (Fsp3) is 0.632. The number of nitrogens with zero attached hydrogens (tertiary/aromatic N) is 1. The lowest BCUT2D eigenvalue weighted by Gasteiger charge is -2.39. The molecule has 4 nitrogen and oxygen atoms in total. The van der Waals surface area contributed by atoms with Gasteiger partial charge in [0.2, 0.25) is 5.91 Å². The van der Waals surface area contributed by atoms with Crippen LogP contribution in [0.15, 0.2) is 24.3 Å². The maximum Gasteiger partial charge on any atom is 0.226 e. The standard InChI is InChI=1S/C19H25NO3/c1-22-9-10-23-15-12-20(13-15)18(21)17-11-19(17)8-4-6-14-5-2-3-7-16(14)19/h2-3,5,7,15,17H,4,6,8-13H2,1H3/t17-,19-/m1/s1. The highest BCUT2D eigenvalue weighted by Gasteiger charge is 2.61. The lowest BCUT2D eigenvalue weighted by molar-refractivity contribution is -0.147. The van der Waals surface area contributed by atoms with Crippen molar-refractivity contribution in [3.63, 3.8) is 0 Å². The number of ether oxygens (including phenoxy) is 2. The molecule has 23 heavy (non-hydrogen) atoms. The second kappa shape index (κ2) is 5.91. The molecular weight excluding hydrogens is 290 g/mol. The molecule has 0 bridgehead atoms. The van der Waals surface area contributed by atoms with Gasteiger partial charge >= 0.3 is 0 Å². The highest BCUT2D eigenvalue weighted by Crippen LogP contribution is 2.61.